The summed E-state index contributed by atoms with van der Waals surface area (Å²) in [5.74, 6) is 1.35. The third kappa shape index (κ3) is 7.73. The van der Waals surface area contributed by atoms with E-state index in [0.717, 1.165) is 50.5 Å². The average Bonchev–Trinajstić information content (AvgIpc) is 2.60. The van der Waals surface area contributed by atoms with Crippen LogP contribution in [-0.2, 0) is 6.54 Å². The van der Waals surface area contributed by atoms with Crippen molar-refractivity contribution < 1.29 is 4.39 Å². The van der Waals surface area contributed by atoms with E-state index in [9.17, 15) is 4.39 Å². The van der Waals surface area contributed by atoms with E-state index in [2.05, 4.69) is 34.0 Å². The summed E-state index contributed by atoms with van der Waals surface area (Å²) >= 11 is 0. The quantitative estimate of drug-likeness (QED) is 0.284. The van der Waals surface area contributed by atoms with E-state index in [1.165, 1.54) is 6.07 Å². The minimum Gasteiger partial charge on any atom is -0.357 e. The van der Waals surface area contributed by atoms with Gasteiger partial charge in [-0.25, -0.2) is 4.39 Å². The van der Waals surface area contributed by atoms with Gasteiger partial charge in [-0.05, 0) is 44.8 Å². The lowest BCUT2D eigenvalue weighted by atomic mass is 9.96. The van der Waals surface area contributed by atoms with Gasteiger partial charge in [0.2, 0.25) is 0 Å². The summed E-state index contributed by atoms with van der Waals surface area (Å²) in [4.78, 5) is 7.00. The first-order valence-corrected chi connectivity index (χ1v) is 8.81. The largest absolute Gasteiger partial charge is 0.357 e. The van der Waals surface area contributed by atoms with Gasteiger partial charge in [0.25, 0.3) is 0 Å². The van der Waals surface area contributed by atoms with Gasteiger partial charge in [0.15, 0.2) is 5.96 Å². The van der Waals surface area contributed by atoms with Crippen LogP contribution in [0.1, 0.15) is 25.3 Å². The maximum absolute atomic E-state index is 13.7. The Balaban J connectivity index is 0.00000312. The zero-order valence-electron chi connectivity index (χ0n) is 15.0. The molecule has 0 bridgehead atoms. The zero-order chi connectivity index (χ0) is 17.2. The number of benzene rings is 1. The highest BCUT2D eigenvalue weighted by molar-refractivity contribution is 14.0. The lowest BCUT2D eigenvalue weighted by Crippen LogP contribution is -2.38. The fraction of sp³-hybridized carbons (Fsp3) is 0.526. The molecule has 1 aromatic carbocycles. The molecule has 25 heavy (non-hydrogen) atoms. The van der Waals surface area contributed by atoms with Crippen LogP contribution in [0.4, 0.5) is 4.39 Å². The summed E-state index contributed by atoms with van der Waals surface area (Å²) in [5.41, 5.74) is 0.789. The highest BCUT2D eigenvalue weighted by atomic mass is 127. The minimum atomic E-state index is -0.104. The van der Waals surface area contributed by atoms with Crippen LogP contribution < -0.4 is 10.6 Å². The monoisotopic (exact) mass is 460 g/mol. The van der Waals surface area contributed by atoms with E-state index in [1.54, 1.807) is 6.07 Å². The Kier molecular flexibility index (Phi) is 10.7. The highest BCUT2D eigenvalue weighted by Gasteiger charge is 2.19. The smallest absolute Gasteiger partial charge is 0.191 e. The molecule has 1 aromatic rings. The molecule has 1 saturated heterocycles. The highest BCUT2D eigenvalue weighted by Crippen LogP contribution is 2.20. The fourth-order valence-corrected chi connectivity index (χ4v) is 2.93. The van der Waals surface area contributed by atoms with E-state index < -0.39 is 0 Å². The van der Waals surface area contributed by atoms with Crippen LogP contribution in [0.3, 0.4) is 0 Å². The summed E-state index contributed by atoms with van der Waals surface area (Å²) in [6.07, 6.45) is 4.05. The second-order valence-corrected chi connectivity index (χ2v) is 6.20. The number of piperidine rings is 1. The Morgan fingerprint density at radius 2 is 2.04 bits per heavy atom. The van der Waals surface area contributed by atoms with Crippen LogP contribution in [0.2, 0.25) is 0 Å². The number of halogens is 2. The molecule has 2 rings (SSSR count). The summed E-state index contributed by atoms with van der Waals surface area (Å²) in [6.45, 7) is 10.9. The van der Waals surface area contributed by atoms with E-state index in [4.69, 9.17) is 0 Å². The molecule has 0 saturated carbocycles. The van der Waals surface area contributed by atoms with Crippen LogP contribution in [-0.4, -0.2) is 43.6 Å². The minimum absolute atomic E-state index is 0. The topological polar surface area (TPSA) is 39.7 Å². The molecule has 0 radical (unpaired) electrons. The molecule has 2 N–H and O–H groups in total. The molecule has 0 aromatic heterocycles. The van der Waals surface area contributed by atoms with Gasteiger partial charge < -0.3 is 10.6 Å². The molecular weight excluding hydrogens is 430 g/mol. The van der Waals surface area contributed by atoms with Gasteiger partial charge in [-0.15, -0.1) is 30.6 Å². The molecular formula is C19H30FIN4. The number of nitrogens with zero attached hydrogens (tertiary/aromatic N) is 2. The second-order valence-electron chi connectivity index (χ2n) is 6.20. The third-order valence-corrected chi connectivity index (χ3v) is 4.32. The first-order valence-electron chi connectivity index (χ1n) is 8.81. The number of aliphatic imine (C=N–C) groups is 1. The Bertz CT molecular complexity index is 542. The molecule has 0 aliphatic carbocycles. The SMILES string of the molecule is C=CCNC(=NCC1CCN(Cc2ccccc2F)CC1)NCC.I. The first kappa shape index (κ1) is 21.9. The molecule has 0 atom stereocenters. The molecule has 4 nitrogen and oxygen atoms in total. The molecule has 1 heterocycles. The lowest BCUT2D eigenvalue weighted by molar-refractivity contribution is 0.179. The van der Waals surface area contributed by atoms with E-state index in [1.807, 2.05) is 18.2 Å². The van der Waals surface area contributed by atoms with Gasteiger partial charge >= 0.3 is 0 Å². The standard InChI is InChI=1S/C19H29FN4.HI/c1-3-11-22-19(21-4-2)23-14-16-9-12-24(13-10-16)15-17-7-5-6-8-18(17)20;/h3,5-8,16H,1,4,9-15H2,2H3,(H2,21,22,23);1H. The predicted octanol–water partition coefficient (Wildman–Crippen LogP) is 3.40. The van der Waals surface area contributed by atoms with Gasteiger partial charge in [-0.1, -0.05) is 24.3 Å². The van der Waals surface area contributed by atoms with Gasteiger partial charge in [0, 0.05) is 31.7 Å². The molecule has 1 aliphatic rings. The number of guanidine groups is 1. The van der Waals surface area contributed by atoms with Gasteiger partial charge in [-0.3, -0.25) is 9.89 Å². The van der Waals surface area contributed by atoms with Crippen molar-refractivity contribution in [1.29, 1.82) is 0 Å². The maximum atomic E-state index is 13.7. The van der Waals surface area contributed by atoms with Gasteiger partial charge in [0.1, 0.15) is 5.82 Å². The van der Waals surface area contributed by atoms with Crippen LogP contribution in [0.25, 0.3) is 0 Å². The normalized spacial score (nSPS) is 16.2. The van der Waals surface area contributed by atoms with Gasteiger partial charge in [-0.2, -0.15) is 0 Å². The van der Waals surface area contributed by atoms with E-state index in [-0.39, 0.29) is 29.8 Å². The number of likely N-dealkylation sites (tertiary alicyclic amines) is 1. The molecule has 0 spiro atoms. The number of hydrogen-bond donors (Lipinski definition) is 2. The molecule has 140 valence electrons. The molecule has 6 heteroatoms. The van der Waals surface area contributed by atoms with E-state index in [0.29, 0.717) is 19.0 Å². The molecule has 0 amide bonds. The van der Waals surface area contributed by atoms with Crippen molar-refractivity contribution >= 4 is 29.9 Å². The summed E-state index contributed by atoms with van der Waals surface area (Å²) < 4.78 is 13.7. The van der Waals surface area contributed by atoms with Crippen molar-refractivity contribution in [2.45, 2.75) is 26.3 Å². The Hall–Kier alpha value is -1.15. The van der Waals surface area contributed by atoms with E-state index >= 15 is 0 Å². The number of hydrogen-bond acceptors (Lipinski definition) is 2. The van der Waals surface area contributed by atoms with Crippen molar-refractivity contribution in [2.24, 2.45) is 10.9 Å². The maximum Gasteiger partial charge on any atom is 0.191 e. The van der Waals surface area contributed by atoms with Crippen molar-refractivity contribution in [3.8, 4) is 0 Å². The number of rotatable bonds is 7. The second kappa shape index (κ2) is 12.2. The summed E-state index contributed by atoms with van der Waals surface area (Å²) in [6, 6.07) is 7.05. The van der Waals surface area contributed by atoms with Crippen molar-refractivity contribution in [3.63, 3.8) is 0 Å². The lowest BCUT2D eigenvalue weighted by Gasteiger charge is -2.31. The van der Waals surface area contributed by atoms with Crippen LogP contribution in [0.15, 0.2) is 41.9 Å². The van der Waals surface area contributed by atoms with Crippen LogP contribution >= 0.6 is 24.0 Å². The third-order valence-electron chi connectivity index (χ3n) is 4.32. The first-order chi connectivity index (χ1) is 11.7. The van der Waals surface area contributed by atoms with Gasteiger partial charge in [0.05, 0.1) is 0 Å². The summed E-state index contributed by atoms with van der Waals surface area (Å²) in [7, 11) is 0. The Morgan fingerprint density at radius 3 is 2.68 bits per heavy atom. The van der Waals surface area contributed by atoms with Crippen LogP contribution in [0.5, 0.6) is 0 Å². The Labute approximate surface area is 168 Å². The predicted molar refractivity (Wildman–Crippen MR) is 114 cm³/mol. The van der Waals surface area contributed by atoms with Crippen molar-refractivity contribution in [1.82, 2.24) is 15.5 Å². The van der Waals surface area contributed by atoms with Crippen LogP contribution in [0, 0.1) is 11.7 Å². The molecule has 0 unspecified atom stereocenters. The average molecular weight is 460 g/mol. The van der Waals surface area contributed by atoms with Crippen molar-refractivity contribution in [3.05, 3.63) is 48.3 Å². The molecule has 1 aliphatic heterocycles. The zero-order valence-corrected chi connectivity index (χ0v) is 17.3. The summed E-state index contributed by atoms with van der Waals surface area (Å²) in [5, 5.41) is 6.47. The Morgan fingerprint density at radius 1 is 1.32 bits per heavy atom. The molecule has 1 fully saturated rings. The fourth-order valence-electron chi connectivity index (χ4n) is 2.93. The van der Waals surface area contributed by atoms with Crippen molar-refractivity contribution in [2.75, 3.05) is 32.7 Å². The number of nitrogens with one attached hydrogen (secondary N) is 2.